The highest BCUT2D eigenvalue weighted by Crippen LogP contribution is 2.48. The fourth-order valence-corrected chi connectivity index (χ4v) is 3.27. The van der Waals surface area contributed by atoms with Gasteiger partial charge in [0.05, 0.1) is 18.2 Å². The van der Waals surface area contributed by atoms with Crippen LogP contribution in [-0.4, -0.2) is 40.9 Å². The highest BCUT2D eigenvalue weighted by atomic mass is 16.5. The van der Waals surface area contributed by atoms with E-state index in [1.165, 1.54) is 0 Å². The molecule has 8 nitrogen and oxygen atoms in total. The number of hydrogen-bond acceptors (Lipinski definition) is 5. The quantitative estimate of drug-likeness (QED) is 0.617. The lowest BCUT2D eigenvalue weighted by Gasteiger charge is -2.10. The van der Waals surface area contributed by atoms with Gasteiger partial charge in [-0.2, -0.15) is 0 Å². The Hall–Kier alpha value is -3.13. The molecule has 5 N–H and O–H groups in total. The third-order valence-corrected chi connectivity index (χ3v) is 4.65. The van der Waals surface area contributed by atoms with E-state index in [-0.39, 0.29) is 6.61 Å². The highest BCUT2D eigenvalue weighted by Gasteiger charge is 2.60. The molecular formula is C18H18N2O6. The molecule has 136 valence electrons. The molecule has 4 unspecified atom stereocenters. The summed E-state index contributed by atoms with van der Waals surface area (Å²) in [4.78, 5) is 34.2. The van der Waals surface area contributed by atoms with Crippen LogP contribution in [0.15, 0.2) is 42.5 Å². The van der Waals surface area contributed by atoms with Crippen molar-refractivity contribution in [3.8, 4) is 0 Å². The van der Waals surface area contributed by atoms with Gasteiger partial charge in [0.2, 0.25) is 0 Å². The van der Waals surface area contributed by atoms with Gasteiger partial charge in [0.15, 0.2) is 0 Å². The molecule has 1 fully saturated rings. The molecule has 2 aromatic carbocycles. The molecule has 26 heavy (non-hydrogen) atoms. The van der Waals surface area contributed by atoms with Gasteiger partial charge in [-0.1, -0.05) is 36.4 Å². The van der Waals surface area contributed by atoms with Gasteiger partial charge in [0.25, 0.3) is 0 Å². The molecule has 1 aliphatic carbocycles. The summed E-state index contributed by atoms with van der Waals surface area (Å²) in [7, 11) is 0. The number of carboxylic acid groups (broad SMARTS) is 2. The highest BCUT2D eigenvalue weighted by molar-refractivity contribution is 6.00. The summed E-state index contributed by atoms with van der Waals surface area (Å²) in [5, 5.41) is 22.5. The molecule has 0 spiro atoms. The van der Waals surface area contributed by atoms with Crippen molar-refractivity contribution in [1.82, 2.24) is 0 Å². The molecule has 1 aliphatic rings. The van der Waals surface area contributed by atoms with Gasteiger partial charge in [-0.15, -0.1) is 0 Å². The maximum atomic E-state index is 12.0. The number of nitrogens with two attached hydrogens (primary N) is 1. The zero-order chi connectivity index (χ0) is 18.8. The van der Waals surface area contributed by atoms with Crippen LogP contribution in [0.5, 0.6) is 0 Å². The maximum absolute atomic E-state index is 12.0. The molecule has 2 aromatic rings. The van der Waals surface area contributed by atoms with E-state index < -0.39 is 41.8 Å². The molecule has 3 rings (SSSR count). The lowest BCUT2D eigenvalue weighted by molar-refractivity contribution is -0.140. The molecule has 0 bridgehead atoms. The van der Waals surface area contributed by atoms with Crippen LogP contribution in [0.2, 0.25) is 0 Å². The minimum atomic E-state index is -1.30. The van der Waals surface area contributed by atoms with E-state index in [2.05, 4.69) is 5.32 Å². The van der Waals surface area contributed by atoms with Gasteiger partial charge in [-0.3, -0.25) is 14.9 Å². The number of rotatable bonds is 6. The molecule has 0 radical (unpaired) electrons. The average Bonchev–Trinajstić information content (AvgIpc) is 3.34. The SMILES string of the molecule is NC(C(=O)O)C1C(COC(=O)Nc2cccc3ccccc23)C1C(=O)O. The van der Waals surface area contributed by atoms with Crippen molar-refractivity contribution < 1.29 is 29.3 Å². The minimum absolute atomic E-state index is 0.209. The fraction of sp³-hybridized carbons (Fsp3) is 0.278. The van der Waals surface area contributed by atoms with Crippen LogP contribution >= 0.6 is 0 Å². The molecule has 4 atom stereocenters. The molecule has 0 aliphatic heterocycles. The summed E-state index contributed by atoms with van der Waals surface area (Å²) in [6.45, 7) is -0.209. The van der Waals surface area contributed by atoms with Crippen molar-refractivity contribution in [3.63, 3.8) is 0 Å². The number of carbonyl (C=O) groups excluding carboxylic acids is 1. The Morgan fingerprint density at radius 2 is 1.81 bits per heavy atom. The van der Waals surface area contributed by atoms with Crippen LogP contribution in [0, 0.1) is 17.8 Å². The number of benzene rings is 2. The number of anilines is 1. The first-order valence-corrected chi connectivity index (χ1v) is 8.03. The lowest BCUT2D eigenvalue weighted by atomic mass is 10.1. The van der Waals surface area contributed by atoms with Crippen LogP contribution in [0.4, 0.5) is 10.5 Å². The number of ether oxygens (including phenoxy) is 1. The largest absolute Gasteiger partial charge is 0.481 e. The standard InChI is InChI=1S/C18H18N2O6/c19-15(17(23)24)13-11(14(13)16(21)22)8-26-18(25)20-12-7-3-5-9-4-1-2-6-10(9)12/h1-7,11,13-15H,8,19H2,(H,20,25)(H,21,22)(H,23,24). The van der Waals surface area contributed by atoms with Gasteiger partial charge < -0.3 is 20.7 Å². The van der Waals surface area contributed by atoms with Crippen molar-refractivity contribution in [2.24, 2.45) is 23.5 Å². The van der Waals surface area contributed by atoms with Crippen LogP contribution in [0.1, 0.15) is 0 Å². The predicted molar refractivity (Wildman–Crippen MR) is 92.6 cm³/mol. The number of amides is 1. The second-order valence-corrected chi connectivity index (χ2v) is 6.22. The molecule has 0 heterocycles. The smallest absolute Gasteiger partial charge is 0.411 e. The zero-order valence-electron chi connectivity index (χ0n) is 13.7. The van der Waals surface area contributed by atoms with E-state index in [4.69, 9.17) is 20.7 Å². The molecule has 8 heteroatoms. The number of carbonyl (C=O) groups is 3. The van der Waals surface area contributed by atoms with Gasteiger partial charge in [-0.05, 0) is 11.5 Å². The van der Waals surface area contributed by atoms with E-state index in [1.807, 2.05) is 30.3 Å². The first-order chi connectivity index (χ1) is 12.4. The summed E-state index contributed by atoms with van der Waals surface area (Å²) >= 11 is 0. The number of hydrogen-bond donors (Lipinski definition) is 4. The summed E-state index contributed by atoms with van der Waals surface area (Å²) < 4.78 is 5.10. The predicted octanol–water partition coefficient (Wildman–Crippen LogP) is 1.75. The minimum Gasteiger partial charge on any atom is -0.481 e. The lowest BCUT2D eigenvalue weighted by Crippen LogP contribution is -2.34. The van der Waals surface area contributed by atoms with Crippen molar-refractivity contribution in [3.05, 3.63) is 42.5 Å². The van der Waals surface area contributed by atoms with Gasteiger partial charge in [0, 0.05) is 17.2 Å². The second-order valence-electron chi connectivity index (χ2n) is 6.22. The van der Waals surface area contributed by atoms with E-state index in [9.17, 15) is 14.4 Å². The first-order valence-electron chi connectivity index (χ1n) is 8.03. The Balaban J connectivity index is 1.62. The number of aliphatic carboxylic acids is 2. The molecule has 1 amide bonds. The van der Waals surface area contributed by atoms with Gasteiger partial charge >= 0.3 is 18.0 Å². The fourth-order valence-electron chi connectivity index (χ4n) is 3.27. The summed E-state index contributed by atoms with van der Waals surface area (Å²) in [5.74, 6) is -4.71. The van der Waals surface area contributed by atoms with E-state index in [1.54, 1.807) is 12.1 Å². The third-order valence-electron chi connectivity index (χ3n) is 4.65. The number of carboxylic acids is 2. The first kappa shape index (κ1) is 17.7. The zero-order valence-corrected chi connectivity index (χ0v) is 13.7. The number of fused-ring (bicyclic) bond motifs is 1. The normalized spacial score (nSPS) is 22.4. The van der Waals surface area contributed by atoms with E-state index >= 15 is 0 Å². The Morgan fingerprint density at radius 3 is 2.50 bits per heavy atom. The summed E-state index contributed by atoms with van der Waals surface area (Å²) in [5.41, 5.74) is 6.08. The van der Waals surface area contributed by atoms with E-state index in [0.29, 0.717) is 5.69 Å². The Morgan fingerprint density at radius 1 is 1.12 bits per heavy atom. The molecular weight excluding hydrogens is 340 g/mol. The summed E-state index contributed by atoms with van der Waals surface area (Å²) in [6.07, 6.45) is -0.736. The molecule has 1 saturated carbocycles. The van der Waals surface area contributed by atoms with Crippen molar-refractivity contribution in [1.29, 1.82) is 0 Å². The topological polar surface area (TPSA) is 139 Å². The molecule has 0 saturated heterocycles. The van der Waals surface area contributed by atoms with Crippen LogP contribution < -0.4 is 11.1 Å². The van der Waals surface area contributed by atoms with Crippen molar-refractivity contribution in [2.75, 3.05) is 11.9 Å². The van der Waals surface area contributed by atoms with Gasteiger partial charge in [0.1, 0.15) is 6.04 Å². The Labute approximate surface area is 148 Å². The summed E-state index contributed by atoms with van der Waals surface area (Å²) in [6, 6.07) is 11.6. The molecule has 0 aromatic heterocycles. The van der Waals surface area contributed by atoms with Crippen LogP contribution in [0.3, 0.4) is 0 Å². The third kappa shape index (κ3) is 3.45. The van der Waals surface area contributed by atoms with Crippen molar-refractivity contribution in [2.45, 2.75) is 6.04 Å². The van der Waals surface area contributed by atoms with Gasteiger partial charge in [-0.25, -0.2) is 4.79 Å². The Bertz CT molecular complexity index is 862. The average molecular weight is 358 g/mol. The second kappa shape index (κ2) is 7.01. The van der Waals surface area contributed by atoms with Crippen LogP contribution in [0.25, 0.3) is 10.8 Å². The van der Waals surface area contributed by atoms with Crippen molar-refractivity contribution >= 4 is 34.5 Å². The maximum Gasteiger partial charge on any atom is 0.411 e. The van der Waals surface area contributed by atoms with E-state index in [0.717, 1.165) is 10.8 Å². The monoisotopic (exact) mass is 358 g/mol. The van der Waals surface area contributed by atoms with Crippen LogP contribution in [-0.2, 0) is 14.3 Å². The Kier molecular flexibility index (Phi) is 4.77. The number of nitrogens with one attached hydrogen (secondary N) is 1.